The monoisotopic (exact) mass is 220 g/mol. The molecule has 0 aromatic heterocycles. The fourth-order valence-corrected chi connectivity index (χ4v) is 1.48. The van der Waals surface area contributed by atoms with Crippen molar-refractivity contribution in [2.45, 2.75) is 19.6 Å². The maximum Gasteiger partial charge on any atom is 0.152 e. The highest BCUT2D eigenvalue weighted by Gasteiger charge is 2.07. The van der Waals surface area contributed by atoms with Crippen molar-refractivity contribution in [3.63, 3.8) is 0 Å². The zero-order chi connectivity index (χ0) is 11.5. The SMILES string of the molecule is C[Si](C)(C)C#Cc1ccc(C=O)c(F)c1. The molecule has 0 atom stereocenters. The molecule has 0 bridgehead atoms. The number of hydrogen-bond donors (Lipinski definition) is 0. The number of benzene rings is 1. The molecule has 0 aliphatic carbocycles. The van der Waals surface area contributed by atoms with Crippen molar-refractivity contribution in [2.24, 2.45) is 0 Å². The summed E-state index contributed by atoms with van der Waals surface area (Å²) in [6.07, 6.45) is 0.505. The Hall–Kier alpha value is -1.40. The van der Waals surface area contributed by atoms with E-state index in [9.17, 15) is 9.18 Å². The first-order valence-electron chi connectivity index (χ1n) is 4.70. The molecule has 1 nitrogen and oxygen atoms in total. The van der Waals surface area contributed by atoms with Gasteiger partial charge in [-0.25, -0.2) is 4.39 Å². The summed E-state index contributed by atoms with van der Waals surface area (Å²) >= 11 is 0. The molecule has 0 fully saturated rings. The first-order valence-corrected chi connectivity index (χ1v) is 8.20. The molecule has 1 aromatic carbocycles. The predicted octanol–water partition coefficient (Wildman–Crippen LogP) is 2.87. The second-order valence-corrected chi connectivity index (χ2v) is 9.10. The van der Waals surface area contributed by atoms with E-state index in [0.29, 0.717) is 11.8 Å². The lowest BCUT2D eigenvalue weighted by Crippen LogP contribution is -2.16. The largest absolute Gasteiger partial charge is 0.298 e. The minimum atomic E-state index is -1.43. The topological polar surface area (TPSA) is 17.1 Å². The molecular weight excluding hydrogens is 207 g/mol. The number of halogens is 1. The third kappa shape index (κ3) is 3.68. The molecule has 3 heteroatoms. The molecule has 1 rings (SSSR count). The van der Waals surface area contributed by atoms with Crippen molar-refractivity contribution in [2.75, 3.05) is 0 Å². The van der Waals surface area contributed by atoms with E-state index in [1.165, 1.54) is 12.1 Å². The first-order chi connectivity index (χ1) is 6.92. The second kappa shape index (κ2) is 4.41. The fourth-order valence-electron chi connectivity index (χ4n) is 0.960. The molecule has 0 heterocycles. The van der Waals surface area contributed by atoms with Crippen LogP contribution in [0.4, 0.5) is 4.39 Å². The van der Waals surface area contributed by atoms with Gasteiger partial charge < -0.3 is 0 Å². The van der Waals surface area contributed by atoms with Crippen LogP contribution in [0.2, 0.25) is 19.6 Å². The van der Waals surface area contributed by atoms with Crippen LogP contribution in [-0.2, 0) is 0 Å². The number of rotatable bonds is 1. The fraction of sp³-hybridized carbons (Fsp3) is 0.250. The van der Waals surface area contributed by atoms with Gasteiger partial charge in [-0.15, -0.1) is 5.54 Å². The molecule has 0 unspecified atom stereocenters. The van der Waals surface area contributed by atoms with Crippen LogP contribution in [0.15, 0.2) is 18.2 Å². The van der Waals surface area contributed by atoms with Crippen LogP contribution in [0.3, 0.4) is 0 Å². The van der Waals surface area contributed by atoms with E-state index in [4.69, 9.17) is 0 Å². The zero-order valence-electron chi connectivity index (χ0n) is 9.10. The van der Waals surface area contributed by atoms with Crippen molar-refractivity contribution in [1.29, 1.82) is 0 Å². The standard InChI is InChI=1S/C12H13FOSi/c1-15(2,3)7-6-10-4-5-11(9-14)12(13)8-10/h4-5,8-9H,1-3H3. The van der Waals surface area contributed by atoms with Gasteiger partial charge in [-0.05, 0) is 18.2 Å². The van der Waals surface area contributed by atoms with Gasteiger partial charge in [0.05, 0.1) is 5.56 Å². The van der Waals surface area contributed by atoms with Gasteiger partial charge in [-0.3, -0.25) is 4.79 Å². The molecule has 1 aromatic rings. The smallest absolute Gasteiger partial charge is 0.152 e. The molecule has 78 valence electrons. The van der Waals surface area contributed by atoms with Crippen LogP contribution in [0.1, 0.15) is 15.9 Å². The Balaban J connectivity index is 3.02. The lowest BCUT2D eigenvalue weighted by molar-refractivity contribution is 0.112. The minimum Gasteiger partial charge on any atom is -0.298 e. The van der Waals surface area contributed by atoms with Gasteiger partial charge in [0.1, 0.15) is 13.9 Å². The van der Waals surface area contributed by atoms with Gasteiger partial charge in [0.15, 0.2) is 6.29 Å². The average Bonchev–Trinajstić information content (AvgIpc) is 2.14. The summed E-state index contributed by atoms with van der Waals surface area (Å²) in [7, 11) is -1.43. The Morgan fingerprint density at radius 2 is 2.00 bits per heavy atom. The number of hydrogen-bond acceptors (Lipinski definition) is 1. The number of carbonyl (C=O) groups is 1. The Morgan fingerprint density at radius 1 is 1.33 bits per heavy atom. The highest BCUT2D eigenvalue weighted by molar-refractivity contribution is 6.83. The van der Waals surface area contributed by atoms with Crippen molar-refractivity contribution < 1.29 is 9.18 Å². The summed E-state index contributed by atoms with van der Waals surface area (Å²) in [5, 5.41) is 0. The first kappa shape index (κ1) is 11.7. The van der Waals surface area contributed by atoms with Gasteiger partial charge in [0.25, 0.3) is 0 Å². The molecule has 0 saturated heterocycles. The Bertz CT molecular complexity index is 435. The average molecular weight is 220 g/mol. The van der Waals surface area contributed by atoms with Gasteiger partial charge in [0, 0.05) is 5.56 Å². The lowest BCUT2D eigenvalue weighted by atomic mass is 10.1. The molecule has 0 aliphatic heterocycles. The van der Waals surface area contributed by atoms with E-state index in [-0.39, 0.29) is 5.56 Å². The normalized spacial score (nSPS) is 10.4. The van der Waals surface area contributed by atoms with E-state index in [0.717, 1.165) is 0 Å². The zero-order valence-corrected chi connectivity index (χ0v) is 10.1. The summed E-state index contributed by atoms with van der Waals surface area (Å²) < 4.78 is 13.2. The summed E-state index contributed by atoms with van der Waals surface area (Å²) in [5.41, 5.74) is 3.84. The number of aldehydes is 1. The van der Waals surface area contributed by atoms with Gasteiger partial charge in [-0.2, -0.15) is 0 Å². The lowest BCUT2D eigenvalue weighted by Gasteiger charge is -2.03. The molecule has 0 N–H and O–H groups in total. The van der Waals surface area contributed by atoms with E-state index in [1.54, 1.807) is 6.07 Å². The summed E-state index contributed by atoms with van der Waals surface area (Å²) in [6, 6.07) is 4.42. The van der Waals surface area contributed by atoms with Crippen molar-refractivity contribution in [1.82, 2.24) is 0 Å². The van der Waals surface area contributed by atoms with Gasteiger partial charge in [-0.1, -0.05) is 25.6 Å². The molecule has 0 radical (unpaired) electrons. The van der Waals surface area contributed by atoms with Crippen LogP contribution in [0, 0.1) is 17.3 Å². The quantitative estimate of drug-likeness (QED) is 0.404. The van der Waals surface area contributed by atoms with Gasteiger partial charge in [0.2, 0.25) is 0 Å². The van der Waals surface area contributed by atoms with Crippen molar-refractivity contribution >= 4 is 14.4 Å². The van der Waals surface area contributed by atoms with E-state index in [2.05, 4.69) is 31.1 Å². The van der Waals surface area contributed by atoms with Crippen molar-refractivity contribution in [3.05, 3.63) is 35.1 Å². The maximum absolute atomic E-state index is 13.2. The Labute approximate surface area is 90.3 Å². The van der Waals surface area contributed by atoms with Gasteiger partial charge >= 0.3 is 0 Å². The maximum atomic E-state index is 13.2. The third-order valence-electron chi connectivity index (χ3n) is 1.71. The predicted molar refractivity (Wildman–Crippen MR) is 62.0 cm³/mol. The molecular formula is C12H13FOSi. The minimum absolute atomic E-state index is 0.0774. The van der Waals surface area contributed by atoms with E-state index >= 15 is 0 Å². The third-order valence-corrected chi connectivity index (χ3v) is 2.58. The number of carbonyl (C=O) groups excluding carboxylic acids is 1. The van der Waals surface area contributed by atoms with E-state index < -0.39 is 13.9 Å². The van der Waals surface area contributed by atoms with Crippen molar-refractivity contribution in [3.8, 4) is 11.5 Å². The van der Waals surface area contributed by atoms with Crippen LogP contribution in [0.25, 0.3) is 0 Å². The molecule has 0 amide bonds. The summed E-state index contributed by atoms with van der Waals surface area (Å²) in [5.74, 6) is 2.43. The van der Waals surface area contributed by atoms with Crippen LogP contribution in [-0.4, -0.2) is 14.4 Å². The molecule has 15 heavy (non-hydrogen) atoms. The Morgan fingerprint density at radius 3 is 2.47 bits per heavy atom. The highest BCUT2D eigenvalue weighted by Crippen LogP contribution is 2.08. The summed E-state index contributed by atoms with van der Waals surface area (Å²) in [6.45, 7) is 6.36. The second-order valence-electron chi connectivity index (χ2n) is 4.35. The van der Waals surface area contributed by atoms with E-state index in [1.807, 2.05) is 0 Å². The van der Waals surface area contributed by atoms with Crippen LogP contribution >= 0.6 is 0 Å². The molecule has 0 aliphatic rings. The summed E-state index contributed by atoms with van der Waals surface area (Å²) in [4.78, 5) is 10.4. The molecule has 0 spiro atoms. The van der Waals surface area contributed by atoms with Crippen LogP contribution < -0.4 is 0 Å². The van der Waals surface area contributed by atoms with Crippen LogP contribution in [0.5, 0.6) is 0 Å². The molecule has 0 saturated carbocycles. The Kier molecular flexibility index (Phi) is 3.43. The highest BCUT2D eigenvalue weighted by atomic mass is 28.3.